The van der Waals surface area contributed by atoms with Gasteiger partial charge >= 0.3 is 6.03 Å². The van der Waals surface area contributed by atoms with Crippen molar-refractivity contribution in [3.8, 4) is 5.75 Å². The predicted molar refractivity (Wildman–Crippen MR) is 115 cm³/mol. The number of ether oxygens (including phenoxy) is 1. The van der Waals surface area contributed by atoms with E-state index >= 15 is 0 Å². The van der Waals surface area contributed by atoms with Crippen LogP contribution in [0, 0.1) is 6.92 Å². The maximum atomic E-state index is 13.0. The topological polar surface area (TPSA) is 87.7 Å². The van der Waals surface area contributed by atoms with E-state index in [2.05, 4.69) is 10.6 Å². The molecule has 158 valence electrons. The quantitative estimate of drug-likeness (QED) is 0.635. The lowest BCUT2D eigenvalue weighted by Gasteiger charge is -2.23. The highest BCUT2D eigenvalue weighted by atomic mass is 35.5. The molecule has 1 saturated heterocycles. The molecular weight excluding hydrogens is 453 g/mol. The third kappa shape index (κ3) is 4.05. The number of anilines is 1. The summed E-state index contributed by atoms with van der Waals surface area (Å²) in [6, 6.07) is 7.12. The van der Waals surface area contributed by atoms with Crippen LogP contribution in [0.5, 0.6) is 5.75 Å². The molecule has 4 amide bonds. The number of halogens is 3. The molecule has 1 unspecified atom stereocenters. The van der Waals surface area contributed by atoms with Crippen molar-refractivity contribution >= 4 is 58.3 Å². The molecule has 7 nitrogen and oxygen atoms in total. The number of methoxy groups -OCH3 is 1. The van der Waals surface area contributed by atoms with Gasteiger partial charge in [-0.15, -0.1) is 0 Å². The lowest BCUT2D eigenvalue weighted by molar-refractivity contribution is -0.133. The van der Waals surface area contributed by atoms with E-state index in [1.54, 1.807) is 31.2 Å². The molecule has 2 N–H and O–H groups in total. The molecule has 0 radical (unpaired) electrons. The summed E-state index contributed by atoms with van der Waals surface area (Å²) < 4.78 is 5.22. The first kappa shape index (κ1) is 22.2. The molecule has 0 bridgehead atoms. The molecule has 1 aliphatic heterocycles. The Bertz CT molecular complexity index is 1060. The molecule has 1 fully saturated rings. The van der Waals surface area contributed by atoms with Gasteiger partial charge in [0.15, 0.2) is 0 Å². The number of carbonyl (C=O) groups excluding carboxylic acids is 3. The van der Waals surface area contributed by atoms with Crippen LogP contribution < -0.4 is 15.4 Å². The zero-order valence-electron chi connectivity index (χ0n) is 16.3. The number of amides is 4. The number of imide groups is 1. The van der Waals surface area contributed by atoms with Crippen LogP contribution >= 0.6 is 34.8 Å². The average molecular weight is 471 g/mol. The number of benzene rings is 2. The van der Waals surface area contributed by atoms with E-state index in [1.807, 2.05) is 0 Å². The molecule has 3 rings (SSSR count). The number of hydrogen-bond donors (Lipinski definition) is 2. The first-order valence-electron chi connectivity index (χ1n) is 8.80. The van der Waals surface area contributed by atoms with Crippen molar-refractivity contribution in [2.75, 3.05) is 19.0 Å². The largest absolute Gasteiger partial charge is 0.495 e. The molecule has 10 heteroatoms. The van der Waals surface area contributed by atoms with E-state index in [1.165, 1.54) is 20.1 Å². The van der Waals surface area contributed by atoms with Gasteiger partial charge in [0.1, 0.15) is 17.8 Å². The normalized spacial score (nSPS) is 18.4. The average Bonchev–Trinajstić information content (AvgIpc) is 2.88. The van der Waals surface area contributed by atoms with E-state index in [0.29, 0.717) is 27.0 Å². The molecule has 2 aromatic rings. The minimum Gasteiger partial charge on any atom is -0.495 e. The lowest BCUT2D eigenvalue weighted by atomic mass is 9.92. The Hall–Kier alpha value is -2.48. The summed E-state index contributed by atoms with van der Waals surface area (Å²) in [5.41, 5.74) is 0.0608. The SMILES string of the molecule is COc1cc(Cl)c(C)cc1NC(=O)CN1C(=O)NC(C)(c2ccc(Cl)cc2Cl)C1=O. The lowest BCUT2D eigenvalue weighted by Crippen LogP contribution is -2.42. The van der Waals surface area contributed by atoms with Crippen molar-refractivity contribution in [2.24, 2.45) is 0 Å². The van der Waals surface area contributed by atoms with E-state index in [9.17, 15) is 14.4 Å². The minimum atomic E-state index is -1.42. The number of hydrogen-bond acceptors (Lipinski definition) is 4. The Kier molecular flexibility index (Phi) is 6.17. The third-order valence-corrected chi connectivity index (χ3v) is 5.76. The highest BCUT2D eigenvalue weighted by molar-refractivity contribution is 6.35. The Morgan fingerprint density at radius 2 is 1.87 bits per heavy atom. The number of urea groups is 1. The molecule has 30 heavy (non-hydrogen) atoms. The first-order chi connectivity index (χ1) is 14.1. The van der Waals surface area contributed by atoms with Gasteiger partial charge in [-0.25, -0.2) is 4.79 Å². The maximum Gasteiger partial charge on any atom is 0.325 e. The van der Waals surface area contributed by atoms with Crippen LogP contribution in [0.4, 0.5) is 10.5 Å². The van der Waals surface area contributed by atoms with Crippen molar-refractivity contribution in [3.05, 3.63) is 56.5 Å². The summed E-state index contributed by atoms with van der Waals surface area (Å²) in [5.74, 6) is -0.829. The highest BCUT2D eigenvalue weighted by Gasteiger charge is 2.50. The van der Waals surface area contributed by atoms with Crippen molar-refractivity contribution in [1.29, 1.82) is 0 Å². The standard InChI is InChI=1S/C20H18Cl3N3O4/c1-10-6-15(16(30-3)8-13(10)22)24-17(27)9-26-18(28)20(2,25-19(26)29)12-5-4-11(21)7-14(12)23/h4-8H,9H2,1-3H3,(H,24,27)(H,25,29). The van der Waals surface area contributed by atoms with Gasteiger partial charge in [0, 0.05) is 26.7 Å². The second-order valence-corrected chi connectivity index (χ2v) is 8.17. The Labute approximate surface area is 188 Å². The maximum absolute atomic E-state index is 13.0. The fourth-order valence-corrected chi connectivity index (χ4v) is 3.93. The van der Waals surface area contributed by atoms with Crippen LogP contribution in [0.3, 0.4) is 0 Å². The summed E-state index contributed by atoms with van der Waals surface area (Å²) in [6.07, 6.45) is 0. The second kappa shape index (κ2) is 8.34. The molecule has 0 aliphatic carbocycles. The molecular formula is C20H18Cl3N3O4. The number of rotatable bonds is 5. The minimum absolute atomic E-state index is 0.228. The van der Waals surface area contributed by atoms with Crippen LogP contribution in [-0.2, 0) is 15.1 Å². The van der Waals surface area contributed by atoms with Crippen LogP contribution in [0.15, 0.2) is 30.3 Å². The number of nitrogens with zero attached hydrogens (tertiary/aromatic N) is 1. The second-order valence-electron chi connectivity index (χ2n) is 6.92. The number of aryl methyl sites for hydroxylation is 1. The highest BCUT2D eigenvalue weighted by Crippen LogP contribution is 2.35. The van der Waals surface area contributed by atoms with Crippen molar-refractivity contribution < 1.29 is 19.1 Å². The van der Waals surface area contributed by atoms with Gasteiger partial charge in [-0.05, 0) is 37.6 Å². The zero-order chi connectivity index (χ0) is 22.2. The summed E-state index contributed by atoms with van der Waals surface area (Å²) in [7, 11) is 1.44. The smallest absolute Gasteiger partial charge is 0.325 e. The Balaban J connectivity index is 1.81. The van der Waals surface area contributed by atoms with E-state index in [0.717, 1.165) is 10.5 Å². The van der Waals surface area contributed by atoms with Crippen LogP contribution in [0.2, 0.25) is 15.1 Å². The summed E-state index contributed by atoms with van der Waals surface area (Å²) >= 11 is 18.2. The first-order valence-corrected chi connectivity index (χ1v) is 9.94. The van der Waals surface area contributed by atoms with Crippen molar-refractivity contribution in [1.82, 2.24) is 10.2 Å². The number of nitrogens with one attached hydrogen (secondary N) is 2. The number of carbonyl (C=O) groups is 3. The van der Waals surface area contributed by atoms with Gasteiger partial charge in [0.2, 0.25) is 5.91 Å². The van der Waals surface area contributed by atoms with Crippen molar-refractivity contribution in [3.63, 3.8) is 0 Å². The summed E-state index contributed by atoms with van der Waals surface area (Å²) in [5, 5.41) is 6.35. The van der Waals surface area contributed by atoms with Gasteiger partial charge in [-0.1, -0.05) is 40.9 Å². The Morgan fingerprint density at radius 1 is 1.17 bits per heavy atom. The third-order valence-electron chi connectivity index (χ3n) is 4.80. The monoisotopic (exact) mass is 469 g/mol. The van der Waals surface area contributed by atoms with Crippen LogP contribution in [0.1, 0.15) is 18.1 Å². The van der Waals surface area contributed by atoms with E-state index in [-0.39, 0.29) is 5.02 Å². The molecule has 0 spiro atoms. The van der Waals surface area contributed by atoms with Gasteiger partial charge in [0.05, 0.1) is 12.8 Å². The van der Waals surface area contributed by atoms with Crippen LogP contribution in [0.25, 0.3) is 0 Å². The molecule has 1 aliphatic rings. The van der Waals surface area contributed by atoms with Gasteiger partial charge in [-0.3, -0.25) is 14.5 Å². The van der Waals surface area contributed by atoms with Crippen molar-refractivity contribution in [2.45, 2.75) is 19.4 Å². The van der Waals surface area contributed by atoms with Gasteiger partial charge < -0.3 is 15.4 Å². The van der Waals surface area contributed by atoms with Gasteiger partial charge in [-0.2, -0.15) is 0 Å². The molecule has 1 heterocycles. The zero-order valence-corrected chi connectivity index (χ0v) is 18.6. The fourth-order valence-electron chi connectivity index (χ4n) is 3.18. The van der Waals surface area contributed by atoms with E-state index < -0.39 is 29.9 Å². The summed E-state index contributed by atoms with van der Waals surface area (Å²) in [4.78, 5) is 38.9. The summed E-state index contributed by atoms with van der Waals surface area (Å²) in [6.45, 7) is 2.80. The fraction of sp³-hybridized carbons (Fsp3) is 0.250. The molecule has 0 saturated carbocycles. The molecule has 0 aromatic heterocycles. The van der Waals surface area contributed by atoms with E-state index in [4.69, 9.17) is 39.5 Å². The molecule has 1 atom stereocenters. The van der Waals surface area contributed by atoms with Crippen LogP contribution in [-0.4, -0.2) is 36.4 Å². The van der Waals surface area contributed by atoms with Gasteiger partial charge in [0.25, 0.3) is 5.91 Å². The molecule has 2 aromatic carbocycles. The predicted octanol–water partition coefficient (Wildman–Crippen LogP) is 4.37. The Morgan fingerprint density at radius 3 is 2.50 bits per heavy atom.